The van der Waals surface area contributed by atoms with Crippen molar-refractivity contribution in [2.24, 2.45) is 0 Å². The first-order valence-corrected chi connectivity index (χ1v) is 6.69. The fraction of sp³-hybridized carbons (Fsp3) is 0.538. The Balaban J connectivity index is 2.05. The summed E-state index contributed by atoms with van der Waals surface area (Å²) in [5.74, 6) is 0. The Labute approximate surface area is 108 Å². The molecular weight excluding hydrogens is 231 g/mol. The molecule has 4 heteroatoms. The SMILES string of the molecule is Cc1[c]cc(SB2OC(C)(C)C(C)(C)O2)cc1. The number of hydrogen-bond acceptors (Lipinski definition) is 3. The van der Waals surface area contributed by atoms with E-state index in [2.05, 4.69) is 39.8 Å². The molecule has 0 amide bonds. The predicted molar refractivity (Wildman–Crippen MR) is 72.0 cm³/mol. The molecule has 2 rings (SSSR count). The van der Waals surface area contributed by atoms with Crippen LogP contribution in [0, 0.1) is 13.0 Å². The molecule has 0 atom stereocenters. The summed E-state index contributed by atoms with van der Waals surface area (Å²) in [5, 5.41) is 0. The second kappa shape index (κ2) is 4.34. The van der Waals surface area contributed by atoms with E-state index in [-0.39, 0.29) is 17.6 Å². The Kier molecular flexibility index (Phi) is 3.32. The summed E-state index contributed by atoms with van der Waals surface area (Å²) in [6, 6.07) is 9.28. The van der Waals surface area contributed by atoms with Crippen LogP contribution < -0.4 is 0 Å². The lowest BCUT2D eigenvalue weighted by Crippen LogP contribution is -2.41. The van der Waals surface area contributed by atoms with Gasteiger partial charge < -0.3 is 9.31 Å². The Bertz CT molecular complexity index is 384. The average Bonchev–Trinajstić information content (AvgIpc) is 2.39. The van der Waals surface area contributed by atoms with Crippen molar-refractivity contribution in [3.63, 3.8) is 0 Å². The maximum absolute atomic E-state index is 5.93. The smallest absolute Gasteiger partial charge is 0.394 e. The molecule has 0 N–H and O–H groups in total. The van der Waals surface area contributed by atoms with E-state index in [0.717, 1.165) is 10.5 Å². The van der Waals surface area contributed by atoms with E-state index in [4.69, 9.17) is 9.31 Å². The largest absolute Gasteiger partial charge is 0.537 e. The number of aryl methyl sites for hydroxylation is 1. The highest BCUT2D eigenvalue weighted by molar-refractivity contribution is 8.24. The molecule has 1 aliphatic heterocycles. The van der Waals surface area contributed by atoms with Crippen LogP contribution in [0.3, 0.4) is 0 Å². The molecule has 1 aliphatic rings. The second-order valence-corrected chi connectivity index (χ2v) is 6.46. The van der Waals surface area contributed by atoms with Crippen LogP contribution in [-0.4, -0.2) is 17.6 Å². The minimum Gasteiger partial charge on any atom is -0.394 e. The predicted octanol–water partition coefficient (Wildman–Crippen LogP) is 3.48. The van der Waals surface area contributed by atoms with Gasteiger partial charge in [-0.25, -0.2) is 0 Å². The van der Waals surface area contributed by atoms with Crippen molar-refractivity contribution in [1.82, 2.24) is 0 Å². The van der Waals surface area contributed by atoms with E-state index in [1.807, 2.05) is 19.1 Å². The summed E-state index contributed by atoms with van der Waals surface area (Å²) in [5.41, 5.74) is 0.612. The maximum atomic E-state index is 5.93. The molecule has 1 radical (unpaired) electrons. The van der Waals surface area contributed by atoms with Crippen molar-refractivity contribution < 1.29 is 9.31 Å². The van der Waals surface area contributed by atoms with Crippen LogP contribution >= 0.6 is 11.6 Å². The van der Waals surface area contributed by atoms with Gasteiger partial charge in [-0.1, -0.05) is 6.07 Å². The average molecular weight is 249 g/mol. The number of rotatable bonds is 2. The van der Waals surface area contributed by atoms with Gasteiger partial charge in [-0.15, -0.1) is 11.6 Å². The number of hydrogen-bond donors (Lipinski definition) is 0. The van der Waals surface area contributed by atoms with Gasteiger partial charge in [0.25, 0.3) is 0 Å². The highest BCUT2D eigenvalue weighted by Gasteiger charge is 2.51. The summed E-state index contributed by atoms with van der Waals surface area (Å²) >= 11 is 1.59. The lowest BCUT2D eigenvalue weighted by Gasteiger charge is -2.32. The molecule has 0 spiro atoms. The van der Waals surface area contributed by atoms with Crippen LogP contribution in [0.2, 0.25) is 0 Å². The Hall–Kier alpha value is -0.445. The van der Waals surface area contributed by atoms with Gasteiger partial charge in [0.05, 0.1) is 11.2 Å². The third kappa shape index (κ3) is 2.70. The van der Waals surface area contributed by atoms with Gasteiger partial charge in [-0.2, -0.15) is 0 Å². The van der Waals surface area contributed by atoms with Crippen LogP contribution in [0.25, 0.3) is 0 Å². The van der Waals surface area contributed by atoms with E-state index in [1.54, 1.807) is 11.6 Å². The summed E-state index contributed by atoms with van der Waals surface area (Å²) in [6.07, 6.45) is -0.240. The van der Waals surface area contributed by atoms with Crippen molar-refractivity contribution in [1.29, 1.82) is 0 Å². The van der Waals surface area contributed by atoms with Gasteiger partial charge in [-0.05, 0) is 58.4 Å². The first-order chi connectivity index (χ1) is 7.80. The standard InChI is InChI=1S/C13H18BO2S/c1-10-6-8-11(9-7-10)17-14-15-12(2,3)13(4,5)16-14/h6,8-9H,1-5H3. The molecule has 17 heavy (non-hydrogen) atoms. The first kappa shape index (κ1) is 13.0. The van der Waals surface area contributed by atoms with Crippen LogP contribution in [0.15, 0.2) is 23.1 Å². The molecule has 1 aromatic rings. The second-order valence-electron chi connectivity index (χ2n) is 5.37. The molecule has 91 valence electrons. The Morgan fingerprint density at radius 1 is 1.12 bits per heavy atom. The minimum absolute atomic E-state index is 0.240. The van der Waals surface area contributed by atoms with Gasteiger partial charge in [0.2, 0.25) is 0 Å². The van der Waals surface area contributed by atoms with E-state index in [1.165, 1.54) is 0 Å². The van der Waals surface area contributed by atoms with Crippen LogP contribution in [0.5, 0.6) is 0 Å². The quantitative estimate of drug-likeness (QED) is 0.747. The van der Waals surface area contributed by atoms with Crippen molar-refractivity contribution in [3.8, 4) is 0 Å². The normalized spacial score (nSPS) is 21.8. The zero-order valence-corrected chi connectivity index (χ0v) is 11.9. The molecule has 0 aliphatic carbocycles. The molecule has 1 fully saturated rings. The monoisotopic (exact) mass is 249 g/mol. The molecular formula is C13H18BO2S. The lowest BCUT2D eigenvalue weighted by molar-refractivity contribution is 0.00578. The summed E-state index contributed by atoms with van der Waals surface area (Å²) in [7, 11) is 0. The van der Waals surface area contributed by atoms with Crippen molar-refractivity contribution in [2.45, 2.75) is 50.7 Å². The summed E-state index contributed by atoms with van der Waals surface area (Å²) in [6.45, 7) is 10.3. The highest BCUT2D eigenvalue weighted by Crippen LogP contribution is 2.41. The fourth-order valence-electron chi connectivity index (χ4n) is 1.51. The molecule has 1 aromatic carbocycles. The van der Waals surface area contributed by atoms with Crippen LogP contribution in [-0.2, 0) is 9.31 Å². The van der Waals surface area contributed by atoms with Gasteiger partial charge in [0, 0.05) is 4.90 Å². The van der Waals surface area contributed by atoms with E-state index in [0.29, 0.717) is 0 Å². The molecule has 0 saturated carbocycles. The molecule has 0 aromatic heterocycles. The fourth-order valence-corrected chi connectivity index (χ4v) is 2.58. The zero-order chi connectivity index (χ0) is 12.7. The highest BCUT2D eigenvalue weighted by atomic mass is 32.2. The van der Waals surface area contributed by atoms with E-state index < -0.39 is 0 Å². The first-order valence-electron chi connectivity index (χ1n) is 5.81. The van der Waals surface area contributed by atoms with Gasteiger partial charge >= 0.3 is 6.40 Å². The molecule has 0 unspecified atom stereocenters. The Morgan fingerprint density at radius 2 is 1.71 bits per heavy atom. The molecule has 1 saturated heterocycles. The van der Waals surface area contributed by atoms with Crippen molar-refractivity contribution >= 4 is 18.0 Å². The third-order valence-corrected chi connectivity index (χ3v) is 4.31. The van der Waals surface area contributed by atoms with Crippen molar-refractivity contribution in [3.05, 3.63) is 29.8 Å². The van der Waals surface area contributed by atoms with Gasteiger partial charge in [0.1, 0.15) is 0 Å². The van der Waals surface area contributed by atoms with E-state index >= 15 is 0 Å². The van der Waals surface area contributed by atoms with Crippen molar-refractivity contribution in [2.75, 3.05) is 0 Å². The minimum atomic E-state index is -0.265. The Morgan fingerprint density at radius 3 is 2.18 bits per heavy atom. The van der Waals surface area contributed by atoms with Crippen LogP contribution in [0.1, 0.15) is 33.3 Å². The van der Waals surface area contributed by atoms with E-state index in [9.17, 15) is 0 Å². The molecule has 0 bridgehead atoms. The molecule has 2 nitrogen and oxygen atoms in total. The topological polar surface area (TPSA) is 18.5 Å². The zero-order valence-electron chi connectivity index (χ0n) is 11.0. The molecule has 1 heterocycles. The van der Waals surface area contributed by atoms with Gasteiger partial charge in [-0.3, -0.25) is 0 Å². The maximum Gasteiger partial charge on any atom is 0.537 e. The summed E-state index contributed by atoms with van der Waals surface area (Å²) < 4.78 is 11.9. The summed E-state index contributed by atoms with van der Waals surface area (Å²) in [4.78, 5) is 1.12. The third-order valence-electron chi connectivity index (χ3n) is 3.40. The van der Waals surface area contributed by atoms with Crippen LogP contribution in [0.4, 0.5) is 0 Å². The lowest BCUT2D eigenvalue weighted by atomic mass is 9.90. The number of benzene rings is 1. The van der Waals surface area contributed by atoms with Gasteiger partial charge in [0.15, 0.2) is 0 Å².